The largest absolute Gasteiger partial charge is 0.360 e. The van der Waals surface area contributed by atoms with Gasteiger partial charge < -0.3 is 10.6 Å². The van der Waals surface area contributed by atoms with Gasteiger partial charge in [0.1, 0.15) is 0 Å². The molecule has 2 nitrogen and oxygen atoms in total. The highest BCUT2D eigenvalue weighted by Gasteiger charge is 2.22. The molecule has 0 aromatic heterocycles. The van der Waals surface area contributed by atoms with Crippen LogP contribution in [0.25, 0.3) is 0 Å². The van der Waals surface area contributed by atoms with E-state index in [4.69, 9.17) is 12.2 Å². The highest BCUT2D eigenvalue weighted by molar-refractivity contribution is 7.80. The fourth-order valence-electron chi connectivity index (χ4n) is 1.83. The van der Waals surface area contributed by atoms with Gasteiger partial charge in [0.25, 0.3) is 0 Å². The van der Waals surface area contributed by atoms with Crippen LogP contribution in [0.2, 0.25) is 0 Å². The number of rotatable bonds is 4. The molecule has 1 aliphatic rings. The van der Waals surface area contributed by atoms with Gasteiger partial charge in [-0.3, -0.25) is 0 Å². The first kappa shape index (κ1) is 12.4. The summed E-state index contributed by atoms with van der Waals surface area (Å²) in [6, 6.07) is 9.02. The average molecular weight is 248 g/mol. The maximum absolute atomic E-state index is 5.31. The molecule has 2 rings (SSSR count). The van der Waals surface area contributed by atoms with Gasteiger partial charge in [0.15, 0.2) is 5.11 Å². The summed E-state index contributed by atoms with van der Waals surface area (Å²) in [7, 11) is 0. The summed E-state index contributed by atoms with van der Waals surface area (Å²) in [4.78, 5) is 0. The molecule has 1 saturated carbocycles. The van der Waals surface area contributed by atoms with E-state index in [1.807, 2.05) is 6.07 Å². The Balaban J connectivity index is 2.05. The van der Waals surface area contributed by atoms with Crippen molar-refractivity contribution in [2.24, 2.45) is 0 Å². The van der Waals surface area contributed by atoms with Crippen LogP contribution in [0.5, 0.6) is 0 Å². The van der Waals surface area contributed by atoms with E-state index in [-0.39, 0.29) is 0 Å². The second-order valence-corrected chi connectivity index (χ2v) is 5.18. The van der Waals surface area contributed by atoms with Gasteiger partial charge in [-0.15, -0.1) is 0 Å². The lowest BCUT2D eigenvalue weighted by Crippen LogP contribution is -2.30. The second kappa shape index (κ2) is 5.50. The zero-order chi connectivity index (χ0) is 12.3. The molecule has 0 saturated heterocycles. The summed E-state index contributed by atoms with van der Waals surface area (Å²) in [6.07, 6.45) is 3.63. The normalized spacial score (nSPS) is 16.4. The molecule has 0 bridgehead atoms. The van der Waals surface area contributed by atoms with E-state index in [0.29, 0.717) is 12.0 Å². The topological polar surface area (TPSA) is 24.1 Å². The van der Waals surface area contributed by atoms with Gasteiger partial charge in [0, 0.05) is 11.7 Å². The smallest absolute Gasteiger partial charge is 0.171 e. The highest BCUT2D eigenvalue weighted by atomic mass is 32.1. The number of hydrogen-bond acceptors (Lipinski definition) is 1. The van der Waals surface area contributed by atoms with E-state index in [1.54, 1.807) is 0 Å². The fourth-order valence-corrected chi connectivity index (χ4v) is 2.11. The quantitative estimate of drug-likeness (QED) is 0.795. The fraction of sp³-hybridized carbons (Fsp3) is 0.500. The van der Waals surface area contributed by atoms with Gasteiger partial charge in [-0.2, -0.15) is 0 Å². The Morgan fingerprint density at radius 3 is 2.76 bits per heavy atom. The highest BCUT2D eigenvalue weighted by Crippen LogP contribution is 2.26. The Bertz CT molecular complexity index is 399. The molecule has 1 aliphatic carbocycles. The third-order valence-electron chi connectivity index (χ3n) is 3.26. The Kier molecular flexibility index (Phi) is 4.00. The third-order valence-corrected chi connectivity index (χ3v) is 3.48. The van der Waals surface area contributed by atoms with Crippen LogP contribution in [0.15, 0.2) is 24.3 Å². The first-order valence-corrected chi connectivity index (χ1v) is 6.78. The van der Waals surface area contributed by atoms with E-state index < -0.39 is 0 Å². The number of nitrogens with one attached hydrogen (secondary N) is 2. The predicted molar refractivity (Wildman–Crippen MR) is 77.5 cm³/mol. The molecule has 1 atom stereocenters. The molecule has 0 spiro atoms. The van der Waals surface area contributed by atoms with Crippen LogP contribution < -0.4 is 10.6 Å². The second-order valence-electron chi connectivity index (χ2n) is 4.77. The van der Waals surface area contributed by atoms with Crippen molar-refractivity contribution in [3.63, 3.8) is 0 Å². The van der Waals surface area contributed by atoms with Gasteiger partial charge in [0.2, 0.25) is 0 Å². The molecule has 92 valence electrons. The molecule has 2 N–H and O–H groups in total. The number of thiocarbonyl (C=S) groups is 1. The van der Waals surface area contributed by atoms with Gasteiger partial charge in [-0.25, -0.2) is 0 Å². The number of para-hydroxylation sites is 1. The maximum atomic E-state index is 5.31. The van der Waals surface area contributed by atoms with Crippen molar-refractivity contribution in [2.75, 3.05) is 5.32 Å². The summed E-state index contributed by atoms with van der Waals surface area (Å²) in [5.41, 5.74) is 2.48. The summed E-state index contributed by atoms with van der Waals surface area (Å²) >= 11 is 5.31. The average Bonchev–Trinajstić information content (AvgIpc) is 3.12. The first-order chi connectivity index (χ1) is 8.20. The van der Waals surface area contributed by atoms with E-state index in [1.165, 1.54) is 18.4 Å². The SMILES string of the molecule is CCC(C)c1ccccc1NC(=S)NC1CC1. The first-order valence-electron chi connectivity index (χ1n) is 6.37. The molecule has 0 amide bonds. The molecular weight excluding hydrogens is 228 g/mol. The van der Waals surface area contributed by atoms with Crippen molar-refractivity contribution in [1.82, 2.24) is 5.32 Å². The molecule has 1 fully saturated rings. The van der Waals surface area contributed by atoms with Crippen LogP contribution in [0.1, 0.15) is 44.6 Å². The van der Waals surface area contributed by atoms with Crippen LogP contribution in [0.3, 0.4) is 0 Å². The standard InChI is InChI=1S/C14H20N2S/c1-3-10(2)12-6-4-5-7-13(12)16-14(17)15-11-8-9-11/h4-7,10-11H,3,8-9H2,1-2H3,(H2,15,16,17). The van der Waals surface area contributed by atoms with E-state index in [0.717, 1.165) is 17.2 Å². The molecule has 1 aromatic carbocycles. The van der Waals surface area contributed by atoms with Crippen molar-refractivity contribution < 1.29 is 0 Å². The van der Waals surface area contributed by atoms with Crippen LogP contribution >= 0.6 is 12.2 Å². The number of hydrogen-bond donors (Lipinski definition) is 2. The summed E-state index contributed by atoms with van der Waals surface area (Å²) in [5.74, 6) is 0.558. The molecule has 3 heteroatoms. The zero-order valence-electron chi connectivity index (χ0n) is 10.5. The molecule has 0 radical (unpaired) electrons. The van der Waals surface area contributed by atoms with Crippen LogP contribution in [0.4, 0.5) is 5.69 Å². The number of anilines is 1. The van der Waals surface area contributed by atoms with Gasteiger partial charge in [0.05, 0.1) is 0 Å². The number of benzene rings is 1. The van der Waals surface area contributed by atoms with Gasteiger partial charge in [-0.1, -0.05) is 32.0 Å². The monoisotopic (exact) mass is 248 g/mol. The third kappa shape index (κ3) is 3.43. The van der Waals surface area contributed by atoms with Crippen molar-refractivity contribution in [1.29, 1.82) is 0 Å². The molecule has 17 heavy (non-hydrogen) atoms. The minimum absolute atomic E-state index is 0.558. The van der Waals surface area contributed by atoms with Crippen molar-refractivity contribution >= 4 is 23.0 Å². The molecule has 0 heterocycles. The van der Waals surface area contributed by atoms with Crippen molar-refractivity contribution in [2.45, 2.75) is 45.1 Å². The Labute approximate surface area is 109 Å². The van der Waals surface area contributed by atoms with Crippen LogP contribution in [-0.2, 0) is 0 Å². The predicted octanol–water partition coefficient (Wildman–Crippen LogP) is 3.65. The summed E-state index contributed by atoms with van der Waals surface area (Å²) in [6.45, 7) is 4.46. The lowest BCUT2D eigenvalue weighted by molar-refractivity contribution is 0.735. The Morgan fingerprint density at radius 2 is 2.12 bits per heavy atom. The Morgan fingerprint density at radius 1 is 1.41 bits per heavy atom. The Hall–Kier alpha value is -1.09. The molecule has 1 aromatic rings. The minimum atomic E-state index is 0.558. The summed E-state index contributed by atoms with van der Waals surface area (Å²) < 4.78 is 0. The van der Waals surface area contributed by atoms with Gasteiger partial charge >= 0.3 is 0 Å². The lowest BCUT2D eigenvalue weighted by atomic mass is 9.97. The molecule has 1 unspecified atom stereocenters. The van der Waals surface area contributed by atoms with E-state index >= 15 is 0 Å². The molecular formula is C14H20N2S. The maximum Gasteiger partial charge on any atom is 0.171 e. The summed E-state index contributed by atoms with van der Waals surface area (Å²) in [5, 5.41) is 7.38. The van der Waals surface area contributed by atoms with E-state index in [9.17, 15) is 0 Å². The zero-order valence-corrected chi connectivity index (χ0v) is 11.3. The minimum Gasteiger partial charge on any atom is -0.360 e. The van der Waals surface area contributed by atoms with Crippen LogP contribution in [0, 0.1) is 0 Å². The van der Waals surface area contributed by atoms with Crippen LogP contribution in [-0.4, -0.2) is 11.2 Å². The lowest BCUT2D eigenvalue weighted by Gasteiger charge is -2.17. The van der Waals surface area contributed by atoms with Crippen molar-refractivity contribution in [3.8, 4) is 0 Å². The van der Waals surface area contributed by atoms with Gasteiger partial charge in [-0.05, 0) is 49.0 Å². The molecule has 0 aliphatic heterocycles. The van der Waals surface area contributed by atoms with E-state index in [2.05, 4.69) is 42.7 Å². The van der Waals surface area contributed by atoms with Crippen molar-refractivity contribution in [3.05, 3.63) is 29.8 Å².